The second kappa shape index (κ2) is 4.02. The van der Waals surface area contributed by atoms with Gasteiger partial charge in [-0.25, -0.2) is 8.78 Å². The monoisotopic (exact) mass is 201 g/mol. The standard InChI is InChI=1S/C10H13F2NO/c1-10(13,4-5-14)8-3-2-7(11)6-9(8)12/h2-3,6,14H,4-5,13H2,1H3. The fourth-order valence-electron chi connectivity index (χ4n) is 1.32. The molecular formula is C10H13F2NO. The molecule has 1 unspecified atom stereocenters. The molecular weight excluding hydrogens is 188 g/mol. The Morgan fingerprint density at radius 2 is 2.07 bits per heavy atom. The number of aliphatic hydroxyl groups is 1. The SMILES string of the molecule is CC(N)(CCO)c1ccc(F)cc1F. The van der Waals surface area contributed by atoms with Crippen LogP contribution in [0.2, 0.25) is 0 Å². The maximum atomic E-state index is 13.3. The largest absolute Gasteiger partial charge is 0.396 e. The van der Waals surface area contributed by atoms with Crippen molar-refractivity contribution in [1.29, 1.82) is 0 Å². The topological polar surface area (TPSA) is 46.2 Å². The normalized spacial score (nSPS) is 15.2. The molecule has 2 nitrogen and oxygen atoms in total. The lowest BCUT2D eigenvalue weighted by Gasteiger charge is -2.24. The molecule has 0 saturated heterocycles. The summed E-state index contributed by atoms with van der Waals surface area (Å²) in [5.41, 5.74) is 5.03. The van der Waals surface area contributed by atoms with Gasteiger partial charge in [0.1, 0.15) is 11.6 Å². The summed E-state index contributed by atoms with van der Waals surface area (Å²) in [7, 11) is 0. The molecule has 14 heavy (non-hydrogen) atoms. The Hall–Kier alpha value is -1.00. The van der Waals surface area contributed by atoms with E-state index >= 15 is 0 Å². The van der Waals surface area contributed by atoms with Crippen LogP contribution >= 0.6 is 0 Å². The molecule has 0 aliphatic heterocycles. The number of hydrogen-bond acceptors (Lipinski definition) is 2. The van der Waals surface area contributed by atoms with Gasteiger partial charge in [0, 0.05) is 23.8 Å². The molecule has 0 amide bonds. The van der Waals surface area contributed by atoms with E-state index in [1.165, 1.54) is 6.07 Å². The molecule has 0 saturated carbocycles. The molecule has 0 aliphatic rings. The maximum Gasteiger partial charge on any atom is 0.131 e. The minimum absolute atomic E-state index is 0.135. The molecule has 78 valence electrons. The van der Waals surface area contributed by atoms with Crippen molar-refractivity contribution < 1.29 is 13.9 Å². The molecule has 1 atom stereocenters. The van der Waals surface area contributed by atoms with Gasteiger partial charge in [-0.2, -0.15) is 0 Å². The van der Waals surface area contributed by atoms with Crippen LogP contribution in [0, 0.1) is 11.6 Å². The summed E-state index contributed by atoms with van der Waals surface area (Å²) in [6.07, 6.45) is 0.232. The van der Waals surface area contributed by atoms with E-state index < -0.39 is 17.2 Å². The van der Waals surface area contributed by atoms with Gasteiger partial charge in [-0.15, -0.1) is 0 Å². The fraction of sp³-hybridized carbons (Fsp3) is 0.400. The van der Waals surface area contributed by atoms with E-state index in [4.69, 9.17) is 10.8 Å². The molecule has 0 bridgehead atoms. The second-order valence-electron chi connectivity index (χ2n) is 3.52. The number of halogens is 2. The fourth-order valence-corrected chi connectivity index (χ4v) is 1.32. The van der Waals surface area contributed by atoms with Gasteiger partial charge in [0.05, 0.1) is 0 Å². The summed E-state index contributed by atoms with van der Waals surface area (Å²) in [5, 5.41) is 8.73. The smallest absolute Gasteiger partial charge is 0.131 e. The van der Waals surface area contributed by atoms with E-state index in [1.54, 1.807) is 6.92 Å². The molecule has 3 N–H and O–H groups in total. The predicted molar refractivity (Wildman–Crippen MR) is 49.6 cm³/mol. The van der Waals surface area contributed by atoms with Crippen LogP contribution < -0.4 is 5.73 Å². The number of nitrogens with two attached hydrogens (primary N) is 1. The van der Waals surface area contributed by atoms with Crippen LogP contribution in [0.3, 0.4) is 0 Å². The van der Waals surface area contributed by atoms with E-state index in [0.717, 1.165) is 12.1 Å². The first kappa shape index (κ1) is 11.1. The first-order valence-corrected chi connectivity index (χ1v) is 4.32. The Labute approximate surface area is 81.4 Å². The predicted octanol–water partition coefficient (Wildman–Crippen LogP) is 1.52. The lowest BCUT2D eigenvalue weighted by Crippen LogP contribution is -2.35. The van der Waals surface area contributed by atoms with Crippen molar-refractivity contribution >= 4 is 0 Å². The van der Waals surface area contributed by atoms with Gasteiger partial charge in [0.25, 0.3) is 0 Å². The van der Waals surface area contributed by atoms with Gasteiger partial charge < -0.3 is 10.8 Å². The Morgan fingerprint density at radius 3 is 2.57 bits per heavy atom. The van der Waals surface area contributed by atoms with Crippen LogP contribution in [-0.4, -0.2) is 11.7 Å². The Morgan fingerprint density at radius 1 is 1.43 bits per heavy atom. The van der Waals surface area contributed by atoms with E-state index in [1.807, 2.05) is 0 Å². The van der Waals surface area contributed by atoms with Crippen LogP contribution in [-0.2, 0) is 5.54 Å². The van der Waals surface area contributed by atoms with Crippen molar-refractivity contribution in [2.75, 3.05) is 6.61 Å². The summed E-state index contributed by atoms with van der Waals surface area (Å²) in [6.45, 7) is 1.46. The van der Waals surface area contributed by atoms with Gasteiger partial charge in [-0.05, 0) is 19.4 Å². The average molecular weight is 201 g/mol. The van der Waals surface area contributed by atoms with E-state index in [2.05, 4.69) is 0 Å². The molecule has 0 spiro atoms. The van der Waals surface area contributed by atoms with E-state index in [9.17, 15) is 8.78 Å². The highest BCUT2D eigenvalue weighted by molar-refractivity contribution is 5.25. The van der Waals surface area contributed by atoms with Crippen LogP contribution in [0.25, 0.3) is 0 Å². The molecule has 1 aromatic rings. The van der Waals surface area contributed by atoms with Gasteiger partial charge in [-0.1, -0.05) is 6.07 Å². The highest BCUT2D eigenvalue weighted by Gasteiger charge is 2.24. The van der Waals surface area contributed by atoms with Crippen molar-refractivity contribution in [1.82, 2.24) is 0 Å². The third kappa shape index (κ3) is 2.27. The number of rotatable bonds is 3. The summed E-state index contributed by atoms with van der Waals surface area (Å²) in [4.78, 5) is 0. The van der Waals surface area contributed by atoms with Gasteiger partial charge >= 0.3 is 0 Å². The third-order valence-electron chi connectivity index (χ3n) is 2.18. The zero-order valence-corrected chi connectivity index (χ0v) is 7.93. The number of hydrogen-bond donors (Lipinski definition) is 2. The lowest BCUT2D eigenvalue weighted by atomic mass is 9.90. The molecule has 1 aromatic carbocycles. The lowest BCUT2D eigenvalue weighted by molar-refractivity contribution is 0.244. The molecule has 0 fully saturated rings. The van der Waals surface area contributed by atoms with E-state index in [-0.39, 0.29) is 18.6 Å². The minimum Gasteiger partial charge on any atom is -0.396 e. The highest BCUT2D eigenvalue weighted by atomic mass is 19.1. The zero-order chi connectivity index (χ0) is 10.8. The zero-order valence-electron chi connectivity index (χ0n) is 7.93. The quantitative estimate of drug-likeness (QED) is 0.778. The molecule has 0 heterocycles. The van der Waals surface area contributed by atoms with Crippen molar-refractivity contribution in [3.05, 3.63) is 35.4 Å². The Balaban J connectivity index is 3.06. The van der Waals surface area contributed by atoms with Gasteiger partial charge in [-0.3, -0.25) is 0 Å². The van der Waals surface area contributed by atoms with Crippen molar-refractivity contribution in [3.63, 3.8) is 0 Å². The first-order chi connectivity index (χ1) is 6.47. The highest BCUT2D eigenvalue weighted by Crippen LogP contribution is 2.24. The van der Waals surface area contributed by atoms with E-state index in [0.29, 0.717) is 0 Å². The maximum absolute atomic E-state index is 13.3. The summed E-state index contributed by atoms with van der Waals surface area (Å²) in [6, 6.07) is 3.25. The number of benzene rings is 1. The summed E-state index contributed by atoms with van der Waals surface area (Å²) in [5.74, 6) is -1.31. The van der Waals surface area contributed by atoms with Crippen LogP contribution in [0.5, 0.6) is 0 Å². The average Bonchev–Trinajstić information content (AvgIpc) is 2.02. The van der Waals surface area contributed by atoms with Crippen molar-refractivity contribution in [3.8, 4) is 0 Å². The summed E-state index contributed by atoms with van der Waals surface area (Å²) < 4.78 is 25.9. The van der Waals surface area contributed by atoms with Crippen LogP contribution in [0.15, 0.2) is 18.2 Å². The molecule has 0 radical (unpaired) electrons. The second-order valence-corrected chi connectivity index (χ2v) is 3.52. The number of aliphatic hydroxyl groups excluding tert-OH is 1. The third-order valence-corrected chi connectivity index (χ3v) is 2.18. The van der Waals surface area contributed by atoms with Gasteiger partial charge in [0.2, 0.25) is 0 Å². The van der Waals surface area contributed by atoms with Crippen molar-refractivity contribution in [2.24, 2.45) is 5.73 Å². The molecule has 1 rings (SSSR count). The Bertz CT molecular complexity index is 326. The minimum atomic E-state index is -0.966. The first-order valence-electron chi connectivity index (χ1n) is 4.32. The van der Waals surface area contributed by atoms with Crippen LogP contribution in [0.4, 0.5) is 8.78 Å². The Kier molecular flexibility index (Phi) is 3.18. The summed E-state index contributed by atoms with van der Waals surface area (Å²) >= 11 is 0. The molecule has 0 aromatic heterocycles. The van der Waals surface area contributed by atoms with Gasteiger partial charge in [0.15, 0.2) is 0 Å². The van der Waals surface area contributed by atoms with Crippen molar-refractivity contribution in [2.45, 2.75) is 18.9 Å². The molecule has 4 heteroatoms. The van der Waals surface area contributed by atoms with Crippen LogP contribution in [0.1, 0.15) is 18.9 Å². The molecule has 0 aliphatic carbocycles.